The average Bonchev–Trinajstić information content (AvgIpc) is 0.688. The summed E-state index contributed by atoms with van der Waals surface area (Å²) in [6.07, 6.45) is -66.2. The van der Waals surface area contributed by atoms with E-state index in [4.69, 9.17) is 85.3 Å². The Balaban J connectivity index is 0.743. The molecule has 46 heteroatoms. The number of aldehydes is 1. The van der Waals surface area contributed by atoms with E-state index in [-0.39, 0.29) is 43.9 Å². The van der Waals surface area contributed by atoms with Crippen molar-refractivity contribution in [2.75, 3.05) is 39.6 Å². The fourth-order valence-electron chi connectivity index (χ4n) is 24.1. The Morgan fingerprint density at radius 2 is 1.07 bits per heavy atom. The van der Waals surface area contributed by atoms with Gasteiger partial charge in [0.05, 0.1) is 101 Å². The van der Waals surface area contributed by atoms with E-state index in [1.165, 1.54) is 13.8 Å². The second kappa shape index (κ2) is 44.1. The van der Waals surface area contributed by atoms with E-state index in [1.54, 1.807) is 27.7 Å². The number of allylic oxidation sites excluding steroid dienone is 2. The summed E-state index contributed by atoms with van der Waals surface area (Å²) in [5.74, 6) is -7.23. The van der Waals surface area contributed by atoms with Crippen LogP contribution in [0.2, 0.25) is 0 Å². The molecule has 13 rings (SSSR count). The quantitative estimate of drug-likeness (QED) is 0.00924. The minimum absolute atomic E-state index is 0.0152. The maximum atomic E-state index is 16.4. The van der Waals surface area contributed by atoms with Gasteiger partial charge in [-0.1, -0.05) is 93.7 Å². The molecular weight excluding hydrogens is 1840 g/mol. The lowest BCUT2D eigenvalue weighted by molar-refractivity contribution is -0.391. The van der Waals surface area contributed by atoms with Gasteiger partial charge in [0.2, 0.25) is 6.29 Å². The molecule has 13 aliphatic rings. The zero-order chi connectivity index (χ0) is 101. The number of fused-ring (bicyclic) bond motifs is 7. The first kappa shape index (κ1) is 111. The lowest BCUT2D eigenvalue weighted by Gasteiger charge is -2.71. The third-order valence-corrected chi connectivity index (χ3v) is 33.3. The third kappa shape index (κ3) is 21.4. The molecule has 0 radical (unpaired) electrons. The predicted molar refractivity (Wildman–Crippen MR) is 458 cm³/mol. The summed E-state index contributed by atoms with van der Waals surface area (Å²) in [5, 5.41) is 256. The van der Waals surface area contributed by atoms with Crippen LogP contribution < -0.4 is 0 Å². The number of carbonyl (C=O) groups is 5. The first-order valence-corrected chi connectivity index (χ1v) is 48.3. The van der Waals surface area contributed by atoms with Crippen molar-refractivity contribution >= 4 is 30.2 Å². The molecule has 0 aromatic heterocycles. The standard InChI is InChI=1S/C92H148O46/c1-13-36(3)45(126-54(101)25-41(98)24-46(37(4)14-2)127-80-64(111)58(105)48(30-94)128-80)23-40(97)26-55(102)132-70-39(6)125-82(73(67(70)114)136-79-66(113)61(108)69(38(5)124-79)133-78-63(110)59(106)49(32-122-78)130-84-75(116)91(120,34-96)35-123-84)138-85(119)92-22-21-86(7,8)27-43(92)42-15-16-51-87(9)19-18-53(88(10,33-95)50(87)17-20-89(51,11)90(42,12)28-52(92)100)131-83-74(137-81-65(112)60(107)57(104)47(29-93)129-81)71(68(115)72(135-83)76(117)118)134-77-62(109)56(103)44(99)31-121-77/h15,33,36-41,43-53,56-75,77-84,93-94,96-100,103-116,120H,13-14,16-32,34-35H2,1-12H3,(H,117,118)/t36?,37?,38-,39-,40?,41?,43+,44+,45?,46?,47+,48-,49+,50+,51+,52-,53-,56-,57-,58-,59-,60-,61-,62+,63+,64+,65+,66+,67+,68-,69-,70+,71-,72-,73-,74+,75-,77-,78-,79-,80+,81+,82+,83+,84-,87-,88-,89-,90-,91+,92+/m0/s1. The number of aliphatic hydroxyl groups excluding tert-OH is 21. The van der Waals surface area contributed by atoms with Crippen LogP contribution in [0.3, 0.4) is 0 Å². The molecule has 0 amide bonds. The average molecular weight is 1990 g/mol. The third-order valence-electron chi connectivity index (χ3n) is 33.3. The van der Waals surface area contributed by atoms with Crippen LogP contribution >= 0.6 is 0 Å². The van der Waals surface area contributed by atoms with Gasteiger partial charge in [-0.15, -0.1) is 0 Å². The van der Waals surface area contributed by atoms with Gasteiger partial charge < -0.3 is 208 Å². The number of carboxylic acid groups (broad SMARTS) is 1. The van der Waals surface area contributed by atoms with Gasteiger partial charge in [0.1, 0.15) is 152 Å². The highest BCUT2D eigenvalue weighted by Gasteiger charge is 2.74. The molecule has 0 aromatic rings. The summed E-state index contributed by atoms with van der Waals surface area (Å²) in [6, 6.07) is 0. The lowest BCUT2D eigenvalue weighted by atomic mass is 9.33. The highest BCUT2D eigenvalue weighted by atomic mass is 16.8. The fourth-order valence-corrected chi connectivity index (χ4v) is 24.1. The van der Waals surface area contributed by atoms with Gasteiger partial charge in [0, 0.05) is 12.8 Å². The first-order valence-electron chi connectivity index (χ1n) is 48.3. The normalized spacial score (nSPS) is 48.7. The molecule has 6 unspecified atom stereocenters. The van der Waals surface area contributed by atoms with Gasteiger partial charge in [-0.3, -0.25) is 14.4 Å². The molecule has 8 saturated heterocycles. The SMILES string of the molecule is CCC(C)C(CC(O)CC(=O)O[C@H]1[C@@H](O)[C@H](O[C@@H]2O[C@@H](C)[C@H](O[C@@H]3OC[C@@H](O[C@@H]4OC[C@](O)(CO)[C@H]4O)[C@H](O)[C@H]3O)[C@@H](O)[C@H]2O)[C@@H](OC(=O)[C@]23CCC(C)(C)C[C@@H]2C2=CC[C@@H]4[C@@]5(C)CC[C@H](O[C@@H]6O[C@H](C(=O)O)[C@@H](O)[C@H](O[C@@H]7OC[C@@H](O)[C@H](O)[C@H]7O)[C@H]6O[C@H]6O[C@H](CO)[C@H](O)[C@H](O)[C@H]6O)[C@@](C)(C=O)[C@@H]5CC[C@]4(C)[C@@]2(C)C[C@@H]3O)O[C@H]1C)OC(=O)CC(O)CC(O[C@@H]1O[C@@H](CO)[C@H](O)[C@H]1O)C(C)CC. The van der Waals surface area contributed by atoms with Crippen LogP contribution in [0.15, 0.2) is 11.6 Å². The summed E-state index contributed by atoms with van der Waals surface area (Å²) in [4.78, 5) is 72.0. The van der Waals surface area contributed by atoms with Crippen molar-refractivity contribution < 1.29 is 227 Å². The molecule has 138 heavy (non-hydrogen) atoms. The number of aliphatic hydroxyl groups is 22. The van der Waals surface area contributed by atoms with E-state index in [2.05, 4.69) is 26.8 Å². The van der Waals surface area contributed by atoms with Gasteiger partial charge in [-0.2, -0.15) is 0 Å². The van der Waals surface area contributed by atoms with Crippen LogP contribution in [0.1, 0.15) is 179 Å². The van der Waals surface area contributed by atoms with Crippen LogP contribution in [-0.4, -0.2) is 439 Å². The number of carbonyl (C=O) groups excluding carboxylic acids is 4. The van der Waals surface area contributed by atoms with Gasteiger partial charge in [-0.05, 0) is 123 Å². The smallest absolute Gasteiger partial charge is 0.335 e. The monoisotopic (exact) mass is 1990 g/mol. The van der Waals surface area contributed by atoms with Crippen LogP contribution in [-0.2, 0) is 109 Å². The Hall–Kier alpha value is -4.19. The van der Waals surface area contributed by atoms with Crippen LogP contribution in [0.25, 0.3) is 0 Å². The van der Waals surface area contributed by atoms with E-state index >= 15 is 4.79 Å². The molecule has 4 saturated carbocycles. The molecule has 8 heterocycles. The topological polar surface area (TPSA) is 717 Å². The van der Waals surface area contributed by atoms with Crippen LogP contribution in [0, 0.1) is 62.1 Å². The molecule has 792 valence electrons. The molecule has 8 aliphatic heterocycles. The molecule has 0 spiro atoms. The number of hydrogen-bond acceptors (Lipinski definition) is 45. The van der Waals surface area contributed by atoms with Crippen molar-refractivity contribution in [3.05, 3.63) is 11.6 Å². The van der Waals surface area contributed by atoms with E-state index in [9.17, 15) is 137 Å². The lowest BCUT2D eigenvalue weighted by Crippen LogP contribution is -2.69. The summed E-state index contributed by atoms with van der Waals surface area (Å²) >= 11 is 0. The Morgan fingerprint density at radius 1 is 0.514 bits per heavy atom. The Kier molecular flexibility index (Phi) is 35.5. The Labute approximate surface area is 797 Å². The Bertz CT molecular complexity index is 4100. The van der Waals surface area contributed by atoms with Gasteiger partial charge >= 0.3 is 23.9 Å². The highest BCUT2D eigenvalue weighted by Crippen LogP contribution is 2.76. The molecule has 0 aromatic carbocycles. The fraction of sp³-hybridized carbons (Fsp3) is 0.924. The zero-order valence-corrected chi connectivity index (χ0v) is 79.7. The molecule has 12 fully saturated rings. The van der Waals surface area contributed by atoms with Crippen molar-refractivity contribution in [3.63, 3.8) is 0 Å². The minimum atomic E-state index is -2.26. The second-order valence-electron chi connectivity index (χ2n) is 42.6. The van der Waals surface area contributed by atoms with Gasteiger partial charge in [-0.25, -0.2) is 4.79 Å². The molecule has 23 N–H and O–H groups in total. The van der Waals surface area contributed by atoms with Crippen molar-refractivity contribution in [2.45, 2.75) is 431 Å². The van der Waals surface area contributed by atoms with E-state index in [0.717, 1.165) is 11.9 Å². The molecule has 46 nitrogen and oxygen atoms in total. The molecular formula is C92H148O46. The summed E-state index contributed by atoms with van der Waals surface area (Å²) in [5.41, 5.74) is -7.63. The maximum Gasteiger partial charge on any atom is 0.335 e. The van der Waals surface area contributed by atoms with E-state index in [0.29, 0.717) is 51.4 Å². The predicted octanol–water partition coefficient (Wildman–Crippen LogP) is -5.69. The van der Waals surface area contributed by atoms with Crippen molar-refractivity contribution in [1.29, 1.82) is 0 Å². The number of carboxylic acids is 1. The number of ether oxygens (including phenoxy) is 18. The molecule has 5 aliphatic carbocycles. The van der Waals surface area contributed by atoms with E-state index < -0.39 is 378 Å². The number of aliphatic carboxylic acids is 1. The van der Waals surface area contributed by atoms with Crippen LogP contribution in [0.5, 0.6) is 0 Å². The van der Waals surface area contributed by atoms with Gasteiger partial charge in [0.25, 0.3) is 0 Å². The minimum Gasteiger partial charge on any atom is -0.479 e. The summed E-state index contributed by atoms with van der Waals surface area (Å²) < 4.78 is 108. The molecule has 0 bridgehead atoms. The second-order valence-corrected chi connectivity index (χ2v) is 42.6. The van der Waals surface area contributed by atoms with Crippen molar-refractivity contribution in [1.82, 2.24) is 0 Å². The zero-order valence-electron chi connectivity index (χ0n) is 79.7. The van der Waals surface area contributed by atoms with Crippen molar-refractivity contribution in [2.24, 2.45) is 62.1 Å². The number of rotatable bonds is 35. The largest absolute Gasteiger partial charge is 0.479 e. The van der Waals surface area contributed by atoms with Crippen LogP contribution in [0.4, 0.5) is 0 Å². The summed E-state index contributed by atoms with van der Waals surface area (Å²) in [6.45, 7) is 17.7. The summed E-state index contributed by atoms with van der Waals surface area (Å²) in [7, 11) is 0. The van der Waals surface area contributed by atoms with Gasteiger partial charge in [0.15, 0.2) is 62.3 Å². The number of esters is 3. The number of hydrogen-bond donors (Lipinski definition) is 23. The van der Waals surface area contributed by atoms with Crippen molar-refractivity contribution in [3.8, 4) is 0 Å². The highest BCUT2D eigenvalue weighted by molar-refractivity contribution is 5.80. The first-order chi connectivity index (χ1) is 64.8. The Morgan fingerprint density at radius 3 is 1.70 bits per heavy atom. The van der Waals surface area contributed by atoms with E-state index in [1.807, 2.05) is 20.8 Å². The maximum absolute atomic E-state index is 16.4. The molecule has 51 atom stereocenters.